The zero-order chi connectivity index (χ0) is 14.4. The van der Waals surface area contributed by atoms with Gasteiger partial charge in [0.1, 0.15) is 5.82 Å². The molecule has 0 radical (unpaired) electrons. The van der Waals surface area contributed by atoms with Crippen molar-refractivity contribution in [3.8, 4) is 5.88 Å². The van der Waals surface area contributed by atoms with Gasteiger partial charge in [-0.25, -0.2) is 9.97 Å². The van der Waals surface area contributed by atoms with Crippen LogP contribution in [0.2, 0.25) is 0 Å². The van der Waals surface area contributed by atoms with Crippen LogP contribution in [0.15, 0.2) is 23.5 Å². The number of amides is 1. The van der Waals surface area contributed by atoms with Crippen molar-refractivity contribution in [3.63, 3.8) is 0 Å². The van der Waals surface area contributed by atoms with Gasteiger partial charge in [0.05, 0.1) is 12.7 Å². The largest absolute Gasteiger partial charge is 0.481 e. The number of pyridine rings is 1. The molecule has 0 atom stereocenters. The number of carbonyl (C=O) groups is 1. The SMILES string of the molecule is COc1ccc(C(=O)NCCSc2n[nH]c(C)n2)cn1. The number of H-pyrrole nitrogens is 1. The zero-order valence-corrected chi connectivity index (χ0v) is 12.0. The van der Waals surface area contributed by atoms with Crippen LogP contribution in [-0.2, 0) is 0 Å². The van der Waals surface area contributed by atoms with Gasteiger partial charge in [0, 0.05) is 24.6 Å². The Labute approximate surface area is 120 Å². The molecule has 1 amide bonds. The molecule has 106 valence electrons. The number of methoxy groups -OCH3 is 1. The minimum absolute atomic E-state index is 0.160. The van der Waals surface area contributed by atoms with Gasteiger partial charge in [-0.1, -0.05) is 11.8 Å². The van der Waals surface area contributed by atoms with Crippen LogP contribution in [0.5, 0.6) is 5.88 Å². The highest BCUT2D eigenvalue weighted by Gasteiger charge is 2.06. The fourth-order valence-electron chi connectivity index (χ4n) is 1.43. The van der Waals surface area contributed by atoms with Gasteiger partial charge in [-0.2, -0.15) is 0 Å². The third-order valence-electron chi connectivity index (χ3n) is 2.40. The summed E-state index contributed by atoms with van der Waals surface area (Å²) in [6, 6.07) is 3.33. The first kappa shape index (κ1) is 14.3. The number of aromatic nitrogens is 4. The van der Waals surface area contributed by atoms with Gasteiger partial charge < -0.3 is 10.1 Å². The van der Waals surface area contributed by atoms with Crippen molar-refractivity contribution in [3.05, 3.63) is 29.7 Å². The van der Waals surface area contributed by atoms with Gasteiger partial charge in [-0.15, -0.1) is 5.10 Å². The smallest absolute Gasteiger partial charge is 0.252 e. The first-order valence-electron chi connectivity index (χ1n) is 5.99. The maximum absolute atomic E-state index is 11.8. The number of hydrogen-bond acceptors (Lipinski definition) is 6. The summed E-state index contributed by atoms with van der Waals surface area (Å²) in [6.45, 7) is 2.37. The fraction of sp³-hybridized carbons (Fsp3) is 0.333. The van der Waals surface area contributed by atoms with Crippen LogP contribution in [0.4, 0.5) is 0 Å². The Bertz CT molecular complexity index is 569. The van der Waals surface area contributed by atoms with Crippen LogP contribution in [-0.4, -0.2) is 45.5 Å². The lowest BCUT2D eigenvalue weighted by atomic mass is 10.2. The van der Waals surface area contributed by atoms with E-state index in [9.17, 15) is 4.79 Å². The Hall–Kier alpha value is -2.09. The van der Waals surface area contributed by atoms with Crippen LogP contribution in [0.25, 0.3) is 0 Å². The lowest BCUT2D eigenvalue weighted by Crippen LogP contribution is -2.25. The Morgan fingerprint density at radius 1 is 1.50 bits per heavy atom. The second-order valence-corrected chi connectivity index (χ2v) is 4.96. The summed E-state index contributed by atoms with van der Waals surface area (Å²) in [6.07, 6.45) is 1.49. The highest BCUT2D eigenvalue weighted by atomic mass is 32.2. The summed E-state index contributed by atoms with van der Waals surface area (Å²) < 4.78 is 4.94. The molecule has 20 heavy (non-hydrogen) atoms. The average Bonchev–Trinajstić information content (AvgIpc) is 2.89. The van der Waals surface area contributed by atoms with Crippen LogP contribution in [0.1, 0.15) is 16.2 Å². The fourth-order valence-corrected chi connectivity index (χ4v) is 2.13. The molecular formula is C12H15N5O2S. The van der Waals surface area contributed by atoms with Crippen molar-refractivity contribution >= 4 is 17.7 Å². The third-order valence-corrected chi connectivity index (χ3v) is 3.25. The van der Waals surface area contributed by atoms with Gasteiger partial charge in [-0.3, -0.25) is 9.89 Å². The number of nitrogens with zero attached hydrogens (tertiary/aromatic N) is 3. The van der Waals surface area contributed by atoms with E-state index in [0.29, 0.717) is 28.9 Å². The summed E-state index contributed by atoms with van der Waals surface area (Å²) in [5, 5.41) is 10.3. The van der Waals surface area contributed by atoms with E-state index in [-0.39, 0.29) is 5.91 Å². The average molecular weight is 293 g/mol. The highest BCUT2D eigenvalue weighted by Crippen LogP contribution is 2.11. The van der Waals surface area contributed by atoms with Crippen molar-refractivity contribution in [1.29, 1.82) is 0 Å². The van der Waals surface area contributed by atoms with Crippen molar-refractivity contribution in [2.24, 2.45) is 0 Å². The van der Waals surface area contributed by atoms with Gasteiger partial charge in [0.25, 0.3) is 5.91 Å². The predicted molar refractivity (Wildman–Crippen MR) is 75.0 cm³/mol. The predicted octanol–water partition coefficient (Wildman–Crippen LogP) is 1.04. The summed E-state index contributed by atoms with van der Waals surface area (Å²) >= 11 is 1.48. The Morgan fingerprint density at radius 3 is 2.95 bits per heavy atom. The van der Waals surface area contributed by atoms with Crippen molar-refractivity contribution < 1.29 is 9.53 Å². The first-order valence-corrected chi connectivity index (χ1v) is 6.97. The second kappa shape index (κ2) is 6.90. The van der Waals surface area contributed by atoms with Crippen LogP contribution in [0.3, 0.4) is 0 Å². The van der Waals surface area contributed by atoms with Crippen molar-refractivity contribution in [2.45, 2.75) is 12.1 Å². The van der Waals surface area contributed by atoms with Crippen molar-refractivity contribution in [2.75, 3.05) is 19.4 Å². The van der Waals surface area contributed by atoms with Gasteiger partial charge >= 0.3 is 0 Å². The number of rotatable bonds is 6. The normalized spacial score (nSPS) is 10.3. The third kappa shape index (κ3) is 3.95. The van der Waals surface area contributed by atoms with Gasteiger partial charge in [-0.05, 0) is 13.0 Å². The van der Waals surface area contributed by atoms with E-state index in [4.69, 9.17) is 4.74 Å². The molecule has 0 aromatic carbocycles. The molecule has 8 heteroatoms. The molecule has 0 aliphatic carbocycles. The number of aryl methyl sites for hydroxylation is 1. The summed E-state index contributed by atoms with van der Waals surface area (Å²) in [7, 11) is 1.53. The Morgan fingerprint density at radius 2 is 2.35 bits per heavy atom. The van der Waals surface area contributed by atoms with E-state index in [1.54, 1.807) is 12.1 Å². The molecular weight excluding hydrogens is 278 g/mol. The minimum Gasteiger partial charge on any atom is -0.481 e. The van der Waals surface area contributed by atoms with Crippen LogP contribution < -0.4 is 10.1 Å². The van der Waals surface area contributed by atoms with E-state index in [0.717, 1.165) is 5.82 Å². The molecule has 0 saturated heterocycles. The highest BCUT2D eigenvalue weighted by molar-refractivity contribution is 7.99. The standard InChI is InChI=1S/C12H15N5O2S/c1-8-15-12(17-16-8)20-6-5-13-11(18)9-3-4-10(19-2)14-7-9/h3-4,7H,5-6H2,1-2H3,(H,13,18)(H,15,16,17). The molecule has 2 aromatic heterocycles. The molecule has 7 nitrogen and oxygen atoms in total. The Kier molecular flexibility index (Phi) is 4.94. The maximum atomic E-state index is 11.8. The molecule has 2 N–H and O–H groups in total. The number of aromatic amines is 1. The summed E-state index contributed by atoms with van der Waals surface area (Å²) in [5.41, 5.74) is 0.504. The van der Waals surface area contributed by atoms with E-state index < -0.39 is 0 Å². The molecule has 0 saturated carbocycles. The van der Waals surface area contributed by atoms with Gasteiger partial charge in [0.15, 0.2) is 0 Å². The van der Waals surface area contributed by atoms with Gasteiger partial charge in [0.2, 0.25) is 11.0 Å². The van der Waals surface area contributed by atoms with E-state index in [1.165, 1.54) is 25.1 Å². The monoisotopic (exact) mass is 293 g/mol. The number of hydrogen-bond donors (Lipinski definition) is 2. The minimum atomic E-state index is -0.160. The Balaban J connectivity index is 1.74. The van der Waals surface area contributed by atoms with Crippen LogP contribution >= 0.6 is 11.8 Å². The lowest BCUT2D eigenvalue weighted by Gasteiger charge is -2.04. The van der Waals surface area contributed by atoms with E-state index >= 15 is 0 Å². The number of carbonyl (C=O) groups excluding carboxylic acids is 1. The quantitative estimate of drug-likeness (QED) is 0.610. The molecule has 0 bridgehead atoms. The van der Waals surface area contributed by atoms with Crippen molar-refractivity contribution in [1.82, 2.24) is 25.5 Å². The zero-order valence-electron chi connectivity index (χ0n) is 11.2. The maximum Gasteiger partial charge on any atom is 0.252 e. The van der Waals surface area contributed by atoms with Crippen LogP contribution in [0, 0.1) is 6.92 Å². The molecule has 0 spiro atoms. The molecule has 2 aromatic rings. The summed E-state index contributed by atoms with van der Waals surface area (Å²) in [5.74, 6) is 1.80. The lowest BCUT2D eigenvalue weighted by molar-refractivity contribution is 0.0955. The number of thioether (sulfide) groups is 1. The molecule has 0 fully saturated rings. The van der Waals surface area contributed by atoms with E-state index in [1.807, 2.05) is 6.92 Å². The van der Waals surface area contributed by atoms with E-state index in [2.05, 4.69) is 25.5 Å². The second-order valence-electron chi connectivity index (χ2n) is 3.90. The first-order chi connectivity index (χ1) is 9.69. The molecule has 0 unspecified atom stereocenters. The molecule has 0 aliphatic rings. The molecule has 2 heterocycles. The number of ether oxygens (including phenoxy) is 1. The molecule has 0 aliphatic heterocycles. The summed E-state index contributed by atoms with van der Waals surface area (Å²) in [4.78, 5) is 20.0. The number of nitrogens with one attached hydrogen (secondary N) is 2. The molecule has 2 rings (SSSR count). The topological polar surface area (TPSA) is 92.8 Å².